The van der Waals surface area contributed by atoms with Crippen molar-refractivity contribution in [3.63, 3.8) is 0 Å². The van der Waals surface area contributed by atoms with Crippen molar-refractivity contribution < 1.29 is 14.3 Å². The van der Waals surface area contributed by atoms with Gasteiger partial charge >= 0.3 is 0 Å². The molecule has 1 heterocycles. The lowest BCUT2D eigenvalue weighted by Gasteiger charge is -2.62. The minimum absolute atomic E-state index is 0.149. The second-order valence-corrected chi connectivity index (χ2v) is 10.3. The molecule has 0 aromatic carbocycles. The fourth-order valence-corrected chi connectivity index (χ4v) is 7.51. The van der Waals surface area contributed by atoms with E-state index in [1.54, 1.807) is 0 Å². The van der Waals surface area contributed by atoms with Crippen LogP contribution in [-0.2, 0) is 14.3 Å². The van der Waals surface area contributed by atoms with Crippen LogP contribution in [0.5, 0.6) is 0 Å². The number of ketones is 1. The van der Waals surface area contributed by atoms with Crippen LogP contribution in [0.15, 0.2) is 12.2 Å². The second kappa shape index (κ2) is 4.98. The van der Waals surface area contributed by atoms with Crippen molar-refractivity contribution in [1.29, 1.82) is 0 Å². The van der Waals surface area contributed by atoms with Crippen LogP contribution in [0.4, 0.5) is 0 Å². The lowest BCUT2D eigenvalue weighted by molar-refractivity contribution is -0.172. The van der Waals surface area contributed by atoms with Gasteiger partial charge in [0.1, 0.15) is 0 Å². The van der Waals surface area contributed by atoms with Gasteiger partial charge < -0.3 is 9.47 Å². The molecule has 3 nitrogen and oxygen atoms in total. The molecule has 0 amide bonds. The van der Waals surface area contributed by atoms with Gasteiger partial charge in [-0.05, 0) is 74.7 Å². The topological polar surface area (TPSA) is 35.5 Å². The number of ether oxygens (including phenoxy) is 2. The van der Waals surface area contributed by atoms with E-state index in [9.17, 15) is 4.79 Å². The van der Waals surface area contributed by atoms with E-state index in [2.05, 4.69) is 33.8 Å². The van der Waals surface area contributed by atoms with Gasteiger partial charge in [0.25, 0.3) is 0 Å². The highest BCUT2D eigenvalue weighted by atomic mass is 16.8. The van der Waals surface area contributed by atoms with Crippen molar-refractivity contribution in [1.82, 2.24) is 0 Å². The van der Waals surface area contributed by atoms with Gasteiger partial charge in [-0.3, -0.25) is 4.79 Å². The van der Waals surface area contributed by atoms with E-state index in [1.807, 2.05) is 6.08 Å². The zero-order valence-corrected chi connectivity index (χ0v) is 16.1. The maximum atomic E-state index is 12.6. The Morgan fingerprint density at radius 2 is 1.72 bits per heavy atom. The molecule has 138 valence electrons. The molecule has 8 atom stereocenters. The summed E-state index contributed by atoms with van der Waals surface area (Å²) in [5.41, 5.74) is 0.133. The van der Waals surface area contributed by atoms with E-state index in [1.165, 1.54) is 32.1 Å². The van der Waals surface area contributed by atoms with E-state index in [-0.39, 0.29) is 17.6 Å². The number of fused-ring (bicyclic) bond motifs is 8. The normalized spacial score (nSPS) is 56.1. The van der Waals surface area contributed by atoms with Crippen LogP contribution >= 0.6 is 0 Å². The highest BCUT2D eigenvalue weighted by Crippen LogP contribution is 2.66. The Kier molecular flexibility index (Phi) is 3.29. The quantitative estimate of drug-likeness (QED) is 0.649. The van der Waals surface area contributed by atoms with Gasteiger partial charge in [0.2, 0.25) is 0 Å². The Morgan fingerprint density at radius 1 is 0.960 bits per heavy atom. The molecule has 0 N–H and O–H groups in total. The largest absolute Gasteiger partial charge is 0.344 e. The first-order valence-corrected chi connectivity index (χ1v) is 10.3. The average molecular weight is 344 g/mol. The zero-order chi connectivity index (χ0) is 17.6. The summed E-state index contributed by atoms with van der Waals surface area (Å²) in [5, 5.41) is 0. The van der Waals surface area contributed by atoms with Gasteiger partial charge in [-0.2, -0.15) is 0 Å². The Balaban J connectivity index is 1.61. The van der Waals surface area contributed by atoms with Crippen molar-refractivity contribution in [3.05, 3.63) is 12.2 Å². The minimum atomic E-state index is -0.497. The van der Waals surface area contributed by atoms with E-state index < -0.39 is 5.79 Å². The van der Waals surface area contributed by atoms with Gasteiger partial charge in [-0.15, -0.1) is 0 Å². The van der Waals surface area contributed by atoms with Crippen molar-refractivity contribution >= 4 is 5.78 Å². The molecule has 0 spiro atoms. The molecule has 5 aliphatic rings. The van der Waals surface area contributed by atoms with E-state index in [0.29, 0.717) is 34.9 Å². The first-order valence-electron chi connectivity index (χ1n) is 10.3. The molecular weight excluding hydrogens is 312 g/mol. The second-order valence-electron chi connectivity index (χ2n) is 10.3. The SMILES string of the molecule is CC1(C)O[C@@H]2C3C(CC[C@]4(C)C(=O)C=CC34)[C@@]3(C)CCCCC3[C@H]2O1. The number of rotatable bonds is 0. The molecule has 5 rings (SSSR count). The van der Waals surface area contributed by atoms with Gasteiger partial charge in [-0.25, -0.2) is 0 Å². The molecule has 3 saturated carbocycles. The first kappa shape index (κ1) is 16.5. The summed E-state index contributed by atoms with van der Waals surface area (Å²) in [6.07, 6.45) is 11.9. The number of allylic oxidation sites excluding steroid dienone is 2. The average Bonchev–Trinajstić information content (AvgIpc) is 3.03. The summed E-state index contributed by atoms with van der Waals surface area (Å²) in [5.74, 6) is 1.85. The fourth-order valence-electron chi connectivity index (χ4n) is 7.51. The Labute approximate surface area is 151 Å². The summed E-state index contributed by atoms with van der Waals surface area (Å²) in [7, 11) is 0. The standard InChI is InChI=1S/C22H32O3/c1-20(2)24-18-15-7-5-6-11-21(15,3)14-10-12-22(4)13(8-9-16(22)23)17(14)19(18)25-20/h8-9,13-15,17-19H,5-7,10-12H2,1-4H3/t13?,14?,15?,17?,18-,19-,21-,22+/m1/s1. The van der Waals surface area contributed by atoms with Gasteiger partial charge in [0, 0.05) is 5.41 Å². The van der Waals surface area contributed by atoms with Crippen molar-refractivity contribution in [2.24, 2.45) is 34.5 Å². The maximum Gasteiger partial charge on any atom is 0.163 e. The number of carbonyl (C=O) groups excluding carboxylic acids is 1. The van der Waals surface area contributed by atoms with Crippen LogP contribution < -0.4 is 0 Å². The Morgan fingerprint density at radius 3 is 2.52 bits per heavy atom. The smallest absolute Gasteiger partial charge is 0.163 e. The summed E-state index contributed by atoms with van der Waals surface area (Å²) >= 11 is 0. The number of carbonyl (C=O) groups is 1. The van der Waals surface area contributed by atoms with Crippen LogP contribution in [0, 0.1) is 34.5 Å². The highest BCUT2D eigenvalue weighted by molar-refractivity contribution is 5.97. The lowest BCUT2D eigenvalue weighted by Crippen LogP contribution is -2.62. The van der Waals surface area contributed by atoms with Crippen molar-refractivity contribution in [2.45, 2.75) is 84.2 Å². The van der Waals surface area contributed by atoms with Crippen LogP contribution in [0.25, 0.3) is 0 Å². The maximum absolute atomic E-state index is 12.6. The fraction of sp³-hybridized carbons (Fsp3) is 0.864. The third-order valence-electron chi connectivity index (χ3n) is 8.72. The summed E-state index contributed by atoms with van der Waals surface area (Å²) in [6.45, 7) is 8.86. The molecule has 3 heteroatoms. The molecule has 0 aromatic rings. The predicted octanol–water partition coefficient (Wildman–Crippen LogP) is 4.50. The lowest BCUT2D eigenvalue weighted by atomic mass is 9.44. The Hall–Kier alpha value is -0.670. The molecular formula is C22H32O3. The van der Waals surface area contributed by atoms with Crippen molar-refractivity contribution in [2.75, 3.05) is 0 Å². The van der Waals surface area contributed by atoms with Crippen LogP contribution in [0.2, 0.25) is 0 Å². The predicted molar refractivity (Wildman–Crippen MR) is 95.8 cm³/mol. The zero-order valence-electron chi connectivity index (χ0n) is 16.1. The molecule has 0 aromatic heterocycles. The van der Waals surface area contributed by atoms with E-state index in [0.717, 1.165) is 6.42 Å². The van der Waals surface area contributed by atoms with Crippen LogP contribution in [-0.4, -0.2) is 23.8 Å². The first-order chi connectivity index (χ1) is 11.8. The third kappa shape index (κ3) is 2.03. The van der Waals surface area contributed by atoms with E-state index >= 15 is 0 Å². The summed E-state index contributed by atoms with van der Waals surface area (Å²) in [4.78, 5) is 12.6. The summed E-state index contributed by atoms with van der Waals surface area (Å²) in [6, 6.07) is 0. The molecule has 0 radical (unpaired) electrons. The molecule has 0 bridgehead atoms. The Bertz CT molecular complexity index is 637. The van der Waals surface area contributed by atoms with E-state index in [4.69, 9.17) is 9.47 Å². The molecule has 4 unspecified atom stereocenters. The van der Waals surface area contributed by atoms with Gasteiger partial charge in [0.15, 0.2) is 11.6 Å². The monoisotopic (exact) mass is 344 g/mol. The minimum Gasteiger partial charge on any atom is -0.344 e. The molecule has 1 saturated heterocycles. The molecule has 25 heavy (non-hydrogen) atoms. The molecule has 4 fully saturated rings. The number of hydrogen-bond donors (Lipinski definition) is 0. The van der Waals surface area contributed by atoms with Crippen molar-refractivity contribution in [3.8, 4) is 0 Å². The molecule has 1 aliphatic heterocycles. The van der Waals surface area contributed by atoms with Gasteiger partial charge in [0.05, 0.1) is 12.2 Å². The summed E-state index contributed by atoms with van der Waals surface area (Å²) < 4.78 is 13.1. The van der Waals surface area contributed by atoms with Crippen LogP contribution in [0.3, 0.4) is 0 Å². The third-order valence-corrected chi connectivity index (χ3v) is 8.72. The highest BCUT2D eigenvalue weighted by Gasteiger charge is 2.67. The number of hydrogen-bond acceptors (Lipinski definition) is 3. The van der Waals surface area contributed by atoms with Crippen LogP contribution in [0.1, 0.15) is 66.2 Å². The molecule has 4 aliphatic carbocycles. The van der Waals surface area contributed by atoms with Gasteiger partial charge in [-0.1, -0.05) is 32.8 Å².